The van der Waals surface area contributed by atoms with Gasteiger partial charge in [-0.25, -0.2) is 4.79 Å². The zero-order chi connectivity index (χ0) is 20.4. The number of nitrogens with zero attached hydrogens (tertiary/aromatic N) is 2. The normalized spacial score (nSPS) is 14.9. The van der Waals surface area contributed by atoms with E-state index in [-0.39, 0.29) is 31.7 Å². The van der Waals surface area contributed by atoms with E-state index < -0.39 is 6.03 Å². The third-order valence-corrected chi connectivity index (χ3v) is 4.99. The second-order valence-corrected chi connectivity index (χ2v) is 6.80. The quantitative estimate of drug-likeness (QED) is 0.757. The third kappa shape index (κ3) is 3.73. The molecular weight excluding hydrogens is 374 g/mol. The van der Waals surface area contributed by atoms with Crippen molar-refractivity contribution in [2.75, 3.05) is 19.9 Å². The maximum atomic E-state index is 13.2. The second-order valence-electron chi connectivity index (χ2n) is 6.80. The van der Waals surface area contributed by atoms with Crippen LogP contribution in [0.25, 0.3) is 0 Å². The summed E-state index contributed by atoms with van der Waals surface area (Å²) in [4.78, 5) is 39.9. The molecule has 150 valence electrons. The highest BCUT2D eigenvalue weighted by molar-refractivity contribution is 6.02. The van der Waals surface area contributed by atoms with E-state index in [1.807, 2.05) is 25.1 Å². The largest absolute Gasteiger partial charge is 0.454 e. The van der Waals surface area contributed by atoms with Gasteiger partial charge in [-0.05, 0) is 36.2 Å². The highest BCUT2D eigenvalue weighted by Crippen LogP contribution is 2.33. The summed E-state index contributed by atoms with van der Waals surface area (Å²) in [5, 5.41) is 2.50. The molecule has 2 aromatic carbocycles. The van der Waals surface area contributed by atoms with Crippen molar-refractivity contribution in [3.63, 3.8) is 0 Å². The van der Waals surface area contributed by atoms with Gasteiger partial charge >= 0.3 is 6.03 Å². The minimum atomic E-state index is -0.440. The predicted molar refractivity (Wildman–Crippen MR) is 103 cm³/mol. The number of carbonyl (C=O) groups excluding carboxylic acids is 3. The lowest BCUT2D eigenvalue weighted by molar-refractivity contribution is -0.125. The Hall–Kier alpha value is -3.55. The van der Waals surface area contributed by atoms with Crippen LogP contribution in [0.3, 0.4) is 0 Å². The molecule has 0 unspecified atom stereocenters. The lowest BCUT2D eigenvalue weighted by Crippen LogP contribution is -2.34. The van der Waals surface area contributed by atoms with Crippen LogP contribution in [-0.4, -0.2) is 47.5 Å². The fourth-order valence-corrected chi connectivity index (χ4v) is 3.41. The summed E-state index contributed by atoms with van der Waals surface area (Å²) in [6.07, 6.45) is 0. The van der Waals surface area contributed by atoms with Crippen molar-refractivity contribution in [3.8, 4) is 11.5 Å². The average Bonchev–Trinajstić information content (AvgIpc) is 3.33. The van der Waals surface area contributed by atoms with E-state index in [9.17, 15) is 14.4 Å². The summed E-state index contributed by atoms with van der Waals surface area (Å²) in [6.45, 7) is 3.07. The van der Waals surface area contributed by atoms with Crippen LogP contribution in [0, 0.1) is 0 Å². The van der Waals surface area contributed by atoms with Gasteiger partial charge < -0.3 is 19.7 Å². The van der Waals surface area contributed by atoms with Gasteiger partial charge in [0.1, 0.15) is 0 Å². The lowest BCUT2D eigenvalue weighted by atomic mass is 10.0. The molecule has 4 amide bonds. The van der Waals surface area contributed by atoms with Crippen LogP contribution in [0.15, 0.2) is 42.5 Å². The molecule has 0 atom stereocenters. The van der Waals surface area contributed by atoms with Gasteiger partial charge in [-0.3, -0.25) is 14.5 Å². The predicted octanol–water partition coefficient (Wildman–Crippen LogP) is 2.13. The first-order valence-electron chi connectivity index (χ1n) is 9.40. The maximum Gasteiger partial charge on any atom is 0.324 e. The Balaban J connectivity index is 1.54. The molecular formula is C21H21N3O5. The monoisotopic (exact) mass is 395 g/mol. The zero-order valence-electron chi connectivity index (χ0n) is 16.0. The molecule has 2 heterocycles. The van der Waals surface area contributed by atoms with Crippen LogP contribution in [-0.2, 0) is 17.9 Å². The fraction of sp³-hybridized carbons (Fsp3) is 0.286. The number of fused-ring (bicyclic) bond motifs is 1. The average molecular weight is 395 g/mol. The molecule has 2 aliphatic rings. The molecule has 0 spiro atoms. The van der Waals surface area contributed by atoms with Gasteiger partial charge in [0.2, 0.25) is 12.7 Å². The number of nitrogens with one attached hydrogen (secondary N) is 1. The van der Waals surface area contributed by atoms with E-state index >= 15 is 0 Å². The number of hydrogen-bond acceptors (Lipinski definition) is 5. The molecule has 29 heavy (non-hydrogen) atoms. The highest BCUT2D eigenvalue weighted by Gasteiger charge is 2.30. The van der Waals surface area contributed by atoms with Crippen molar-refractivity contribution >= 4 is 17.8 Å². The number of hydrogen-bond donors (Lipinski definition) is 1. The molecule has 8 nitrogen and oxygen atoms in total. The molecule has 0 radical (unpaired) electrons. The van der Waals surface area contributed by atoms with Crippen LogP contribution in [0.1, 0.15) is 28.4 Å². The molecule has 2 aromatic rings. The van der Waals surface area contributed by atoms with Crippen molar-refractivity contribution in [3.05, 3.63) is 59.2 Å². The minimum absolute atomic E-state index is 0.0137. The van der Waals surface area contributed by atoms with E-state index in [2.05, 4.69) is 5.32 Å². The van der Waals surface area contributed by atoms with Crippen molar-refractivity contribution in [2.45, 2.75) is 20.0 Å². The summed E-state index contributed by atoms with van der Waals surface area (Å²) in [5.74, 6) is 0.907. The topological polar surface area (TPSA) is 88.2 Å². The molecule has 0 saturated carbocycles. The smallest absolute Gasteiger partial charge is 0.324 e. The van der Waals surface area contributed by atoms with Crippen LogP contribution in [0.2, 0.25) is 0 Å². The molecule has 1 N–H and O–H groups in total. The first kappa shape index (κ1) is 18.8. The SMILES string of the molecule is CCN(Cc1ccc2c(c1)OCO2)C(=O)c1ccccc1CN1C(=O)CNC1=O. The third-order valence-electron chi connectivity index (χ3n) is 4.99. The van der Waals surface area contributed by atoms with E-state index in [0.29, 0.717) is 35.7 Å². The van der Waals surface area contributed by atoms with E-state index in [1.54, 1.807) is 29.2 Å². The Bertz CT molecular complexity index is 959. The van der Waals surface area contributed by atoms with Gasteiger partial charge in [0.15, 0.2) is 11.5 Å². The maximum absolute atomic E-state index is 13.2. The summed E-state index contributed by atoms with van der Waals surface area (Å²) in [7, 11) is 0. The molecule has 0 aliphatic carbocycles. The van der Waals surface area contributed by atoms with Crippen LogP contribution in [0.5, 0.6) is 11.5 Å². The first-order valence-corrected chi connectivity index (χ1v) is 9.40. The van der Waals surface area contributed by atoms with Gasteiger partial charge in [-0.2, -0.15) is 0 Å². The number of ether oxygens (including phenoxy) is 2. The molecule has 0 bridgehead atoms. The Labute approximate surface area is 168 Å². The lowest BCUT2D eigenvalue weighted by Gasteiger charge is -2.23. The summed E-state index contributed by atoms with van der Waals surface area (Å²) >= 11 is 0. The Morgan fingerprint density at radius 2 is 1.93 bits per heavy atom. The van der Waals surface area contributed by atoms with E-state index in [1.165, 1.54) is 0 Å². The molecule has 1 saturated heterocycles. The minimum Gasteiger partial charge on any atom is -0.454 e. The van der Waals surface area contributed by atoms with Crippen molar-refractivity contribution < 1.29 is 23.9 Å². The highest BCUT2D eigenvalue weighted by atomic mass is 16.7. The Kier molecular flexibility index (Phi) is 5.07. The van der Waals surface area contributed by atoms with Gasteiger partial charge in [-0.1, -0.05) is 24.3 Å². The van der Waals surface area contributed by atoms with Crippen molar-refractivity contribution in [2.24, 2.45) is 0 Å². The van der Waals surface area contributed by atoms with Crippen molar-refractivity contribution in [1.82, 2.24) is 15.1 Å². The van der Waals surface area contributed by atoms with Crippen LogP contribution < -0.4 is 14.8 Å². The second kappa shape index (κ2) is 7.83. The summed E-state index contributed by atoms with van der Waals surface area (Å²) < 4.78 is 10.7. The number of rotatable bonds is 6. The number of amides is 4. The number of urea groups is 1. The van der Waals surface area contributed by atoms with Gasteiger partial charge in [-0.15, -0.1) is 0 Å². The molecule has 0 aromatic heterocycles. The summed E-state index contributed by atoms with van der Waals surface area (Å²) in [5.41, 5.74) is 2.03. The number of benzene rings is 2. The molecule has 4 rings (SSSR count). The fourth-order valence-electron chi connectivity index (χ4n) is 3.41. The van der Waals surface area contributed by atoms with E-state index in [4.69, 9.17) is 9.47 Å². The first-order chi connectivity index (χ1) is 14.1. The molecule has 1 fully saturated rings. The molecule has 8 heteroatoms. The number of imide groups is 1. The Morgan fingerprint density at radius 3 is 2.69 bits per heavy atom. The Morgan fingerprint density at radius 1 is 1.14 bits per heavy atom. The van der Waals surface area contributed by atoms with Crippen LogP contribution >= 0.6 is 0 Å². The van der Waals surface area contributed by atoms with E-state index in [0.717, 1.165) is 10.5 Å². The van der Waals surface area contributed by atoms with Crippen LogP contribution in [0.4, 0.5) is 4.79 Å². The van der Waals surface area contributed by atoms with Gasteiger partial charge in [0, 0.05) is 18.7 Å². The standard InChI is InChI=1S/C21H21N3O5/c1-2-23(11-14-7-8-17-18(9-14)29-13-28-17)20(26)16-6-4-3-5-15(16)12-24-19(25)10-22-21(24)27/h3-9H,2,10-13H2,1H3,(H,22,27). The van der Waals surface area contributed by atoms with Crippen molar-refractivity contribution in [1.29, 1.82) is 0 Å². The zero-order valence-corrected chi connectivity index (χ0v) is 16.0. The number of carbonyl (C=O) groups is 3. The van der Waals surface area contributed by atoms with Gasteiger partial charge in [0.25, 0.3) is 5.91 Å². The summed E-state index contributed by atoms with van der Waals surface area (Å²) in [6, 6.07) is 12.2. The van der Waals surface area contributed by atoms with Gasteiger partial charge in [0.05, 0.1) is 13.1 Å². The molecule has 2 aliphatic heterocycles.